The average Bonchev–Trinajstić information content (AvgIpc) is 3.29. The predicted molar refractivity (Wildman–Crippen MR) is 142 cm³/mol. The van der Waals surface area contributed by atoms with E-state index in [0.717, 1.165) is 54.8 Å². The van der Waals surface area contributed by atoms with Crippen LogP contribution in [0.3, 0.4) is 0 Å². The maximum atomic E-state index is 12.4. The van der Waals surface area contributed by atoms with Crippen LogP contribution in [0.2, 0.25) is 0 Å². The van der Waals surface area contributed by atoms with Crippen LogP contribution in [0, 0.1) is 57.7 Å². The molecule has 1 heterocycles. The third-order valence-corrected chi connectivity index (χ3v) is 13.3. The second-order valence-corrected chi connectivity index (χ2v) is 14.9. The molecule has 11 atom stereocenters. The van der Waals surface area contributed by atoms with E-state index in [4.69, 9.17) is 21.1 Å². The first-order valence-corrected chi connectivity index (χ1v) is 15.4. The number of rotatable bonds is 6. The van der Waals surface area contributed by atoms with Crippen molar-refractivity contribution in [2.75, 3.05) is 7.11 Å². The van der Waals surface area contributed by atoms with E-state index in [2.05, 4.69) is 34.6 Å². The van der Waals surface area contributed by atoms with E-state index in [9.17, 15) is 4.79 Å². The third-order valence-electron chi connectivity index (χ3n) is 12.6. The fraction of sp³-hybridized carbons (Fsp3) is 0.968. The number of fused-ring (bicyclic) bond motifs is 5. The molecule has 0 aromatic rings. The molecule has 4 saturated carbocycles. The Kier molecular flexibility index (Phi) is 7.13. The number of methoxy groups -OCH3 is 1. The molecular formula is C31H51ClO3. The summed E-state index contributed by atoms with van der Waals surface area (Å²) in [6, 6.07) is 0. The maximum Gasteiger partial charge on any atom is 0.327 e. The van der Waals surface area contributed by atoms with Gasteiger partial charge in [-0.1, -0.05) is 53.9 Å². The Morgan fingerprint density at radius 3 is 2.43 bits per heavy atom. The molecule has 1 aliphatic heterocycles. The van der Waals surface area contributed by atoms with Crippen LogP contribution in [-0.4, -0.2) is 24.7 Å². The van der Waals surface area contributed by atoms with Crippen LogP contribution >= 0.6 is 11.6 Å². The summed E-state index contributed by atoms with van der Waals surface area (Å²) in [5.41, 5.74) is 0.583. The predicted octanol–water partition coefficient (Wildman–Crippen LogP) is 8.23. The lowest BCUT2D eigenvalue weighted by Crippen LogP contribution is -2.57. The molecule has 4 aliphatic carbocycles. The molecule has 1 spiro atoms. The van der Waals surface area contributed by atoms with Gasteiger partial charge in [-0.05, 0) is 110 Å². The van der Waals surface area contributed by atoms with Gasteiger partial charge in [-0.15, -0.1) is 11.6 Å². The summed E-state index contributed by atoms with van der Waals surface area (Å²) in [7, 11) is 1.67. The highest BCUT2D eigenvalue weighted by atomic mass is 35.5. The van der Waals surface area contributed by atoms with Gasteiger partial charge < -0.3 is 9.47 Å². The molecule has 5 rings (SSSR count). The van der Waals surface area contributed by atoms with E-state index in [1.807, 2.05) is 0 Å². The lowest BCUT2D eigenvalue weighted by Gasteiger charge is -2.62. The van der Waals surface area contributed by atoms with Crippen molar-refractivity contribution in [3.05, 3.63) is 0 Å². The van der Waals surface area contributed by atoms with Gasteiger partial charge in [0.1, 0.15) is 5.38 Å². The molecule has 3 nitrogen and oxygen atoms in total. The van der Waals surface area contributed by atoms with Gasteiger partial charge in [0.25, 0.3) is 0 Å². The van der Waals surface area contributed by atoms with Gasteiger partial charge >= 0.3 is 5.97 Å². The van der Waals surface area contributed by atoms with E-state index >= 15 is 0 Å². The zero-order valence-electron chi connectivity index (χ0n) is 23.3. The van der Waals surface area contributed by atoms with Gasteiger partial charge in [0.05, 0.1) is 5.41 Å². The molecule has 0 bridgehead atoms. The molecule has 0 amide bonds. The van der Waals surface area contributed by atoms with Crippen molar-refractivity contribution in [1.29, 1.82) is 0 Å². The number of ether oxygens (including phenoxy) is 2. The number of halogens is 1. The highest BCUT2D eigenvalue weighted by Crippen LogP contribution is 2.70. The molecule has 0 aromatic carbocycles. The summed E-state index contributed by atoms with van der Waals surface area (Å²) in [4.78, 5) is 12.4. The Balaban J connectivity index is 1.30. The fourth-order valence-electron chi connectivity index (χ4n) is 10.7. The van der Waals surface area contributed by atoms with Gasteiger partial charge in [-0.25, -0.2) is 0 Å². The fourth-order valence-corrected chi connectivity index (χ4v) is 11.1. The first-order valence-electron chi connectivity index (χ1n) is 14.9. The van der Waals surface area contributed by atoms with E-state index in [-0.39, 0.29) is 11.4 Å². The van der Waals surface area contributed by atoms with E-state index in [1.165, 1.54) is 57.8 Å². The summed E-state index contributed by atoms with van der Waals surface area (Å²) >= 11 is 6.72. The minimum absolute atomic E-state index is 0.274. The van der Waals surface area contributed by atoms with Crippen molar-refractivity contribution in [2.45, 2.75) is 123 Å². The van der Waals surface area contributed by atoms with Crippen molar-refractivity contribution in [2.24, 2.45) is 57.7 Å². The molecule has 5 aliphatic rings. The minimum Gasteiger partial charge on any atom is -0.434 e. The van der Waals surface area contributed by atoms with Crippen LogP contribution < -0.4 is 0 Å². The number of cyclic esters (lactones) is 1. The SMILES string of the molecule is CO[C@H]1OC(=O)[C@H](Cl)[C@@]12CC[C@@]1(C)[C@@H](CC[C@@H]3[C@@H]1CC[C@]1(C)[C@@H]([C@H](C)CCCC(C)C)CC[C@@H]31)C2. The highest BCUT2D eigenvalue weighted by Gasteiger charge is 2.66. The Morgan fingerprint density at radius 1 is 0.971 bits per heavy atom. The van der Waals surface area contributed by atoms with E-state index < -0.39 is 11.7 Å². The maximum absolute atomic E-state index is 12.4. The molecule has 35 heavy (non-hydrogen) atoms. The quantitative estimate of drug-likeness (QED) is 0.269. The van der Waals surface area contributed by atoms with Gasteiger partial charge in [-0.3, -0.25) is 4.79 Å². The Bertz CT molecular complexity index is 798. The summed E-state index contributed by atoms with van der Waals surface area (Å²) in [5.74, 6) is 5.61. The second kappa shape index (κ2) is 9.48. The lowest BCUT2D eigenvalue weighted by atomic mass is 9.42. The molecule has 0 aromatic heterocycles. The molecule has 0 N–H and O–H groups in total. The normalized spacial score (nSPS) is 50.1. The van der Waals surface area contributed by atoms with Crippen LogP contribution in [0.25, 0.3) is 0 Å². The molecule has 0 radical (unpaired) electrons. The van der Waals surface area contributed by atoms with Crippen LogP contribution in [-0.2, 0) is 14.3 Å². The zero-order valence-corrected chi connectivity index (χ0v) is 24.0. The molecule has 5 fully saturated rings. The summed E-state index contributed by atoms with van der Waals surface area (Å²) in [6.45, 7) is 12.6. The molecule has 0 unspecified atom stereocenters. The van der Waals surface area contributed by atoms with E-state index in [0.29, 0.717) is 16.7 Å². The van der Waals surface area contributed by atoms with Gasteiger partial charge in [-0.2, -0.15) is 0 Å². The number of carbonyl (C=O) groups is 1. The minimum atomic E-state index is -0.558. The second-order valence-electron chi connectivity index (χ2n) is 14.5. The molecule has 200 valence electrons. The number of hydrogen-bond donors (Lipinski definition) is 0. The largest absolute Gasteiger partial charge is 0.434 e. The average molecular weight is 507 g/mol. The number of carbonyl (C=O) groups excluding carboxylic acids is 1. The topological polar surface area (TPSA) is 35.5 Å². The van der Waals surface area contributed by atoms with Crippen molar-refractivity contribution >= 4 is 17.6 Å². The molecular weight excluding hydrogens is 456 g/mol. The third kappa shape index (κ3) is 4.03. The van der Waals surface area contributed by atoms with Crippen molar-refractivity contribution in [1.82, 2.24) is 0 Å². The standard InChI is InChI=1S/C31H51ClO3/c1-19(2)8-7-9-20(3)23-12-13-24-22-11-10-21-18-31(26(32)27(33)35-28(31)34-6)17-16-29(21,4)25(22)14-15-30(23,24)5/h19-26,28H,7-18H2,1-6H3/t20-,21+,22+,23-,24+,25+,26+,28+,29+,30-,31+/m1/s1. The number of hydrogen-bond acceptors (Lipinski definition) is 3. The van der Waals surface area contributed by atoms with Gasteiger partial charge in [0.2, 0.25) is 6.29 Å². The number of alkyl halides is 1. The Labute approximate surface area is 219 Å². The first-order chi connectivity index (χ1) is 16.6. The van der Waals surface area contributed by atoms with Crippen molar-refractivity contribution in [3.63, 3.8) is 0 Å². The zero-order chi connectivity index (χ0) is 25.2. The lowest BCUT2D eigenvalue weighted by molar-refractivity contribution is -0.192. The molecule has 1 saturated heterocycles. The van der Waals surface area contributed by atoms with E-state index in [1.54, 1.807) is 7.11 Å². The Morgan fingerprint density at radius 2 is 1.71 bits per heavy atom. The first kappa shape index (κ1) is 26.3. The van der Waals surface area contributed by atoms with Crippen molar-refractivity contribution in [3.8, 4) is 0 Å². The highest BCUT2D eigenvalue weighted by molar-refractivity contribution is 6.31. The molecule has 4 heteroatoms. The summed E-state index contributed by atoms with van der Waals surface area (Å²) < 4.78 is 11.3. The summed E-state index contributed by atoms with van der Waals surface area (Å²) in [5, 5.41) is -0.558. The van der Waals surface area contributed by atoms with Crippen LogP contribution in [0.1, 0.15) is 112 Å². The van der Waals surface area contributed by atoms with Crippen molar-refractivity contribution < 1.29 is 14.3 Å². The van der Waals surface area contributed by atoms with Crippen LogP contribution in [0.15, 0.2) is 0 Å². The Hall–Kier alpha value is -0.280. The number of esters is 1. The smallest absolute Gasteiger partial charge is 0.327 e. The summed E-state index contributed by atoms with van der Waals surface area (Å²) in [6.07, 6.45) is 15.2. The van der Waals surface area contributed by atoms with Crippen LogP contribution in [0.4, 0.5) is 0 Å². The van der Waals surface area contributed by atoms with Gasteiger partial charge in [0.15, 0.2) is 0 Å². The van der Waals surface area contributed by atoms with Crippen LogP contribution in [0.5, 0.6) is 0 Å². The monoisotopic (exact) mass is 506 g/mol. The van der Waals surface area contributed by atoms with Gasteiger partial charge in [0, 0.05) is 7.11 Å².